The summed E-state index contributed by atoms with van der Waals surface area (Å²) in [4.78, 5) is 1.08. The van der Waals surface area contributed by atoms with E-state index in [4.69, 9.17) is 0 Å². The maximum atomic E-state index is 9.54. The van der Waals surface area contributed by atoms with Gasteiger partial charge in [-0.3, -0.25) is 0 Å². The molecule has 3 aromatic rings. The Morgan fingerprint density at radius 3 is 1.92 bits per heavy atom. The van der Waals surface area contributed by atoms with Gasteiger partial charge < -0.3 is 15.7 Å². The van der Waals surface area contributed by atoms with Crippen molar-refractivity contribution in [3.8, 4) is 0 Å². The summed E-state index contributed by atoms with van der Waals surface area (Å²) in [5, 5.41) is 18.8. The molecule has 3 rings (SSSR count). The Kier molecular flexibility index (Phi) is 13.4. The second-order valence-corrected chi connectivity index (χ2v) is 10.1. The van der Waals surface area contributed by atoms with Gasteiger partial charge in [-0.15, -0.1) is 0 Å². The topological polar surface area (TPSA) is 44.3 Å². The molecule has 0 radical (unpaired) electrons. The van der Waals surface area contributed by atoms with E-state index < -0.39 is 0 Å². The zero-order chi connectivity index (χ0) is 28.1. The van der Waals surface area contributed by atoms with E-state index in [1.54, 1.807) is 0 Å². The number of nitrogens with one attached hydrogen (secondary N) is 2. The van der Waals surface area contributed by atoms with Gasteiger partial charge in [-0.05, 0) is 93.6 Å². The average molecular weight is 517 g/mol. The number of aryl methyl sites for hydroxylation is 3. The van der Waals surface area contributed by atoms with Crippen LogP contribution in [0.25, 0.3) is 10.8 Å². The second kappa shape index (κ2) is 15.7. The van der Waals surface area contributed by atoms with Crippen LogP contribution in [0.2, 0.25) is 0 Å². The zero-order valence-electron chi connectivity index (χ0n) is 24.0. The molecule has 0 aliphatic rings. The Bertz CT molecular complexity index is 1260. The van der Waals surface area contributed by atoms with E-state index in [9.17, 15) is 5.11 Å². The highest BCUT2D eigenvalue weighted by Gasteiger charge is 2.07. The lowest BCUT2D eigenvalue weighted by molar-refractivity contribution is 0.464. The van der Waals surface area contributed by atoms with Crippen molar-refractivity contribution in [3.63, 3.8) is 0 Å². The Balaban J connectivity index is 0.000000475. The van der Waals surface area contributed by atoms with E-state index in [-0.39, 0.29) is 0 Å². The Morgan fingerprint density at radius 1 is 0.838 bits per heavy atom. The number of anilines is 1. The number of hydrogen-bond acceptors (Lipinski definition) is 4. The lowest BCUT2D eigenvalue weighted by atomic mass is 10.0. The van der Waals surface area contributed by atoms with Crippen LogP contribution < -0.4 is 10.6 Å². The molecule has 37 heavy (non-hydrogen) atoms. The molecular formula is C33H44N2OS. The number of aliphatic hydroxyl groups excluding tert-OH is 1. The smallest absolute Gasteiger partial charge is 0.143 e. The lowest BCUT2D eigenvalue weighted by Crippen LogP contribution is -2.17. The summed E-state index contributed by atoms with van der Waals surface area (Å²) in [5.74, 6) is 0.461. The monoisotopic (exact) mass is 516 g/mol. The maximum absolute atomic E-state index is 9.54. The first-order valence-electron chi connectivity index (χ1n) is 12.6. The molecule has 0 aliphatic carbocycles. The van der Waals surface area contributed by atoms with Gasteiger partial charge in [0.1, 0.15) is 12.1 Å². The number of allylic oxidation sites excluding steroid dienone is 2. The SMILES string of the molecule is C=C(N/C(=C\O)Nc1ccc2ccccc2c1)SC(C(=C)C)=C(C)C.CC.Cc1cc(C)c(C)c(C)c1. The van der Waals surface area contributed by atoms with Crippen LogP contribution in [-0.2, 0) is 0 Å². The van der Waals surface area contributed by atoms with Crippen molar-refractivity contribution < 1.29 is 5.11 Å². The largest absolute Gasteiger partial charge is 0.512 e. The van der Waals surface area contributed by atoms with Gasteiger partial charge in [0.05, 0.1) is 5.03 Å². The molecule has 198 valence electrons. The van der Waals surface area contributed by atoms with Gasteiger partial charge in [-0.1, -0.05) is 92.4 Å². The molecule has 0 saturated carbocycles. The molecule has 3 aromatic carbocycles. The van der Waals surface area contributed by atoms with Crippen LogP contribution in [-0.4, -0.2) is 5.11 Å². The molecule has 3 nitrogen and oxygen atoms in total. The first-order valence-corrected chi connectivity index (χ1v) is 13.4. The summed E-state index contributed by atoms with van der Waals surface area (Å²) in [6.07, 6.45) is 1.00. The summed E-state index contributed by atoms with van der Waals surface area (Å²) in [6.45, 7) is 26.7. The average Bonchev–Trinajstić information content (AvgIpc) is 2.86. The van der Waals surface area contributed by atoms with Gasteiger partial charge in [0, 0.05) is 10.6 Å². The molecule has 0 fully saturated rings. The fraction of sp³-hybridized carbons (Fsp3) is 0.273. The fourth-order valence-corrected chi connectivity index (χ4v) is 4.47. The molecule has 0 aliphatic heterocycles. The number of hydrogen-bond donors (Lipinski definition) is 3. The maximum Gasteiger partial charge on any atom is 0.143 e. The van der Waals surface area contributed by atoms with E-state index in [0.29, 0.717) is 10.9 Å². The minimum Gasteiger partial charge on any atom is -0.512 e. The van der Waals surface area contributed by atoms with E-state index in [1.807, 2.05) is 65.0 Å². The van der Waals surface area contributed by atoms with E-state index in [0.717, 1.165) is 27.8 Å². The van der Waals surface area contributed by atoms with E-state index >= 15 is 0 Å². The predicted octanol–water partition coefficient (Wildman–Crippen LogP) is 10.2. The third kappa shape index (κ3) is 10.3. The quantitative estimate of drug-likeness (QED) is 0.216. The van der Waals surface area contributed by atoms with Crippen LogP contribution in [0.1, 0.15) is 56.9 Å². The number of aliphatic hydroxyl groups is 1. The number of thioether (sulfide) groups is 1. The molecule has 0 bridgehead atoms. The minimum atomic E-state index is 0.461. The molecule has 0 heterocycles. The summed E-state index contributed by atoms with van der Waals surface area (Å²) >= 11 is 1.50. The molecule has 0 spiro atoms. The van der Waals surface area contributed by atoms with Crippen molar-refractivity contribution in [3.05, 3.63) is 123 Å². The lowest BCUT2D eigenvalue weighted by Gasteiger charge is -2.16. The Hall–Kier alpha value is -3.37. The highest BCUT2D eigenvalue weighted by molar-refractivity contribution is 8.06. The molecule has 0 amide bonds. The molecule has 0 atom stereocenters. The van der Waals surface area contributed by atoms with Crippen LogP contribution >= 0.6 is 11.8 Å². The summed E-state index contributed by atoms with van der Waals surface area (Å²) in [6, 6.07) is 18.6. The number of fused-ring (bicyclic) bond motifs is 1. The molecule has 0 unspecified atom stereocenters. The second-order valence-electron chi connectivity index (χ2n) is 9.01. The van der Waals surface area contributed by atoms with E-state index in [1.165, 1.54) is 45.0 Å². The molecular weight excluding hydrogens is 472 g/mol. The van der Waals surface area contributed by atoms with Crippen molar-refractivity contribution in [1.82, 2.24) is 5.32 Å². The number of rotatable bonds is 7. The standard InChI is InChI=1S/C21H24N2OS.C10H14.C2H6/c1-14(2)21(15(3)4)25-16(5)22-20(13-24)23-19-11-10-17-8-6-7-9-18(17)12-19;1-7-5-8(2)10(4)9(3)6-7;1-2/h6-13,22-24H,1,5H2,2-4H3;5-6H,1-4H3;1-2H3/b20-13+;;. The van der Waals surface area contributed by atoms with Crippen molar-refractivity contribution in [1.29, 1.82) is 0 Å². The van der Waals surface area contributed by atoms with Gasteiger partial charge >= 0.3 is 0 Å². The van der Waals surface area contributed by atoms with Gasteiger partial charge in [0.2, 0.25) is 0 Å². The first kappa shape index (κ1) is 31.7. The highest BCUT2D eigenvalue weighted by atomic mass is 32.2. The summed E-state index contributed by atoms with van der Waals surface area (Å²) in [7, 11) is 0. The van der Waals surface area contributed by atoms with Crippen LogP contribution in [0.15, 0.2) is 101 Å². The van der Waals surface area contributed by atoms with Crippen molar-refractivity contribution in [2.24, 2.45) is 0 Å². The van der Waals surface area contributed by atoms with E-state index in [2.05, 4.69) is 75.8 Å². The highest BCUT2D eigenvalue weighted by Crippen LogP contribution is 2.31. The first-order chi connectivity index (χ1) is 17.5. The summed E-state index contributed by atoms with van der Waals surface area (Å²) in [5.41, 5.74) is 8.63. The predicted molar refractivity (Wildman–Crippen MR) is 168 cm³/mol. The third-order valence-electron chi connectivity index (χ3n) is 5.57. The molecule has 0 aromatic heterocycles. The van der Waals surface area contributed by atoms with Crippen molar-refractivity contribution >= 4 is 28.2 Å². The van der Waals surface area contributed by atoms with Crippen LogP contribution in [0, 0.1) is 27.7 Å². The van der Waals surface area contributed by atoms with Gasteiger partial charge in [-0.2, -0.15) is 0 Å². The van der Waals surface area contributed by atoms with Crippen LogP contribution in [0.3, 0.4) is 0 Å². The Labute approximate surface area is 229 Å². The van der Waals surface area contributed by atoms with Crippen molar-refractivity contribution in [2.75, 3.05) is 5.32 Å². The van der Waals surface area contributed by atoms with Crippen LogP contribution in [0.4, 0.5) is 5.69 Å². The van der Waals surface area contributed by atoms with Gasteiger partial charge in [-0.25, -0.2) is 0 Å². The normalized spacial score (nSPS) is 10.4. The number of benzene rings is 3. The van der Waals surface area contributed by atoms with Crippen molar-refractivity contribution in [2.45, 2.75) is 62.3 Å². The minimum absolute atomic E-state index is 0.461. The van der Waals surface area contributed by atoms with Crippen LogP contribution in [0.5, 0.6) is 0 Å². The molecule has 0 saturated heterocycles. The molecule has 4 heteroatoms. The van der Waals surface area contributed by atoms with Gasteiger partial charge in [0.15, 0.2) is 0 Å². The third-order valence-corrected chi connectivity index (χ3v) is 6.88. The Morgan fingerprint density at radius 2 is 1.41 bits per heavy atom. The molecule has 3 N–H and O–H groups in total. The van der Waals surface area contributed by atoms with Gasteiger partial charge in [0.25, 0.3) is 0 Å². The zero-order valence-corrected chi connectivity index (χ0v) is 24.9. The fourth-order valence-electron chi connectivity index (χ4n) is 3.69. The summed E-state index contributed by atoms with van der Waals surface area (Å²) < 4.78 is 0.